The summed E-state index contributed by atoms with van der Waals surface area (Å²) in [5.41, 5.74) is 1.27. The molecule has 2 amide bonds. The van der Waals surface area contributed by atoms with E-state index in [-0.39, 0.29) is 29.6 Å². The van der Waals surface area contributed by atoms with E-state index in [1.54, 1.807) is 24.3 Å². The Hall–Kier alpha value is -2.44. The fourth-order valence-corrected chi connectivity index (χ4v) is 2.30. The Morgan fingerprint density at radius 3 is 2.60 bits per heavy atom. The predicted octanol–water partition coefficient (Wildman–Crippen LogP) is 1.24. The van der Waals surface area contributed by atoms with Crippen LogP contribution in [0, 0.1) is 10.1 Å². The average Bonchev–Trinajstić information content (AvgIpc) is 2.38. The van der Waals surface area contributed by atoms with Gasteiger partial charge in [-0.3, -0.25) is 19.7 Å². The zero-order valence-corrected chi connectivity index (χ0v) is 11.0. The van der Waals surface area contributed by atoms with E-state index >= 15 is 0 Å². The summed E-state index contributed by atoms with van der Waals surface area (Å²) in [5.74, 6) is -0.370. The van der Waals surface area contributed by atoms with Crippen LogP contribution < -0.4 is 10.6 Å². The first-order valence-corrected chi connectivity index (χ1v) is 6.28. The maximum absolute atomic E-state index is 11.4. The molecule has 1 saturated heterocycles. The molecule has 2 atom stereocenters. The molecule has 1 heterocycles. The molecular formula is C13H15N3O4. The van der Waals surface area contributed by atoms with Crippen LogP contribution in [-0.2, 0) is 9.59 Å². The Kier molecular flexibility index (Phi) is 3.97. The number of amides is 2. The van der Waals surface area contributed by atoms with Crippen LogP contribution in [0.1, 0.15) is 31.4 Å². The molecule has 7 heteroatoms. The lowest BCUT2D eigenvalue weighted by molar-refractivity contribution is -0.529. The number of nitro groups is 1. The average molecular weight is 277 g/mol. The second kappa shape index (κ2) is 5.68. The predicted molar refractivity (Wildman–Crippen MR) is 71.6 cm³/mol. The molecule has 2 rings (SSSR count). The normalized spacial score (nSPS) is 21.9. The van der Waals surface area contributed by atoms with Gasteiger partial charge in [-0.2, -0.15) is 0 Å². The van der Waals surface area contributed by atoms with Crippen LogP contribution in [0.25, 0.3) is 0 Å². The third kappa shape index (κ3) is 3.11. The van der Waals surface area contributed by atoms with Gasteiger partial charge in [-0.1, -0.05) is 12.1 Å². The number of piperidine rings is 1. The summed E-state index contributed by atoms with van der Waals surface area (Å²) in [6.07, 6.45) is 0.406. The summed E-state index contributed by atoms with van der Waals surface area (Å²) in [5, 5.41) is 16.3. The van der Waals surface area contributed by atoms with Crippen LogP contribution in [-0.4, -0.2) is 22.8 Å². The van der Waals surface area contributed by atoms with Crippen LogP contribution in [0.5, 0.6) is 0 Å². The zero-order valence-electron chi connectivity index (χ0n) is 11.0. The fraction of sp³-hybridized carbons (Fsp3) is 0.385. The standard InChI is InChI=1S/C13H15N3O4/c1-8(17)14-10-4-2-9(3-5-10)13-11(16(19)20)6-7-12(18)15-13/h2-5,11,13H,6-7H2,1H3,(H,14,17)(H,15,18)/t11-,13-/m1/s1. The van der Waals surface area contributed by atoms with Gasteiger partial charge in [0.1, 0.15) is 6.04 Å². The number of hydrogen-bond donors (Lipinski definition) is 2. The summed E-state index contributed by atoms with van der Waals surface area (Å²) < 4.78 is 0. The van der Waals surface area contributed by atoms with E-state index in [4.69, 9.17) is 0 Å². The van der Waals surface area contributed by atoms with Crippen LogP contribution in [0.15, 0.2) is 24.3 Å². The highest BCUT2D eigenvalue weighted by atomic mass is 16.6. The van der Waals surface area contributed by atoms with Gasteiger partial charge in [0, 0.05) is 30.4 Å². The number of rotatable bonds is 3. The number of benzene rings is 1. The van der Waals surface area contributed by atoms with Gasteiger partial charge in [-0.25, -0.2) is 0 Å². The highest BCUT2D eigenvalue weighted by molar-refractivity contribution is 5.88. The van der Waals surface area contributed by atoms with Gasteiger partial charge in [0.25, 0.3) is 0 Å². The SMILES string of the molecule is CC(=O)Nc1ccc([C@H]2NC(=O)CC[C@H]2[N+](=O)[O-])cc1. The molecule has 106 valence electrons. The first-order valence-electron chi connectivity index (χ1n) is 6.28. The van der Waals surface area contributed by atoms with Gasteiger partial charge in [0.2, 0.25) is 17.9 Å². The molecule has 7 nitrogen and oxygen atoms in total. The van der Waals surface area contributed by atoms with Gasteiger partial charge >= 0.3 is 0 Å². The first kappa shape index (κ1) is 14.0. The van der Waals surface area contributed by atoms with Crippen LogP contribution in [0.3, 0.4) is 0 Å². The second-order valence-electron chi connectivity index (χ2n) is 4.74. The Morgan fingerprint density at radius 1 is 1.40 bits per heavy atom. The Labute approximate surface area is 115 Å². The molecule has 0 saturated carbocycles. The van der Waals surface area contributed by atoms with Gasteiger partial charge < -0.3 is 10.6 Å². The number of anilines is 1. The number of nitrogens with zero attached hydrogens (tertiary/aromatic N) is 1. The number of hydrogen-bond acceptors (Lipinski definition) is 4. The highest BCUT2D eigenvalue weighted by Gasteiger charge is 2.37. The Morgan fingerprint density at radius 2 is 2.05 bits per heavy atom. The largest absolute Gasteiger partial charge is 0.343 e. The summed E-state index contributed by atoms with van der Waals surface area (Å²) in [6, 6.07) is 5.23. The minimum atomic E-state index is -0.820. The molecule has 0 aliphatic carbocycles. The molecule has 0 aromatic heterocycles. The lowest BCUT2D eigenvalue weighted by Gasteiger charge is -2.26. The quantitative estimate of drug-likeness (QED) is 0.641. The van der Waals surface area contributed by atoms with Crippen molar-refractivity contribution < 1.29 is 14.5 Å². The molecule has 1 aliphatic rings. The second-order valence-corrected chi connectivity index (χ2v) is 4.74. The van der Waals surface area contributed by atoms with Crippen molar-refractivity contribution in [2.45, 2.75) is 31.8 Å². The summed E-state index contributed by atoms with van der Waals surface area (Å²) in [7, 11) is 0. The summed E-state index contributed by atoms with van der Waals surface area (Å²) in [4.78, 5) is 33.1. The third-order valence-corrected chi connectivity index (χ3v) is 3.23. The molecule has 0 bridgehead atoms. The Balaban J connectivity index is 2.21. The maximum Gasteiger partial charge on any atom is 0.237 e. The van der Waals surface area contributed by atoms with Gasteiger partial charge in [0.15, 0.2) is 0 Å². The lowest BCUT2D eigenvalue weighted by Crippen LogP contribution is -2.45. The molecule has 0 radical (unpaired) electrons. The number of nitrogens with one attached hydrogen (secondary N) is 2. The minimum absolute atomic E-state index is 0.173. The van der Waals surface area contributed by atoms with Gasteiger partial charge in [-0.15, -0.1) is 0 Å². The van der Waals surface area contributed by atoms with Crippen LogP contribution >= 0.6 is 0 Å². The van der Waals surface area contributed by atoms with E-state index in [9.17, 15) is 19.7 Å². The van der Waals surface area contributed by atoms with Crippen molar-refractivity contribution in [3.8, 4) is 0 Å². The molecule has 1 aromatic rings. The number of carbonyl (C=O) groups excluding carboxylic acids is 2. The monoisotopic (exact) mass is 277 g/mol. The van der Waals surface area contributed by atoms with E-state index in [0.29, 0.717) is 11.3 Å². The number of carbonyl (C=O) groups is 2. The lowest BCUT2D eigenvalue weighted by atomic mass is 9.92. The molecule has 1 aromatic carbocycles. The van der Waals surface area contributed by atoms with E-state index < -0.39 is 12.1 Å². The minimum Gasteiger partial charge on any atom is -0.343 e. The van der Waals surface area contributed by atoms with Gasteiger partial charge in [-0.05, 0) is 17.7 Å². The van der Waals surface area contributed by atoms with Crippen molar-refractivity contribution in [3.05, 3.63) is 39.9 Å². The van der Waals surface area contributed by atoms with Crippen molar-refractivity contribution in [2.24, 2.45) is 0 Å². The topological polar surface area (TPSA) is 101 Å². The van der Waals surface area contributed by atoms with Crippen LogP contribution in [0.2, 0.25) is 0 Å². The van der Waals surface area contributed by atoms with Gasteiger partial charge in [0.05, 0.1) is 0 Å². The molecule has 0 unspecified atom stereocenters. The van der Waals surface area contributed by atoms with E-state index in [0.717, 1.165) is 0 Å². The Bertz CT molecular complexity index is 541. The molecule has 1 aliphatic heterocycles. The molecular weight excluding hydrogens is 262 g/mol. The van der Waals surface area contributed by atoms with E-state index in [1.165, 1.54) is 6.92 Å². The summed E-state index contributed by atoms with van der Waals surface area (Å²) >= 11 is 0. The van der Waals surface area contributed by atoms with Crippen molar-refractivity contribution in [1.82, 2.24) is 5.32 Å². The molecule has 0 spiro atoms. The van der Waals surface area contributed by atoms with E-state index in [1.807, 2.05) is 0 Å². The molecule has 2 N–H and O–H groups in total. The molecule has 1 fully saturated rings. The van der Waals surface area contributed by atoms with Crippen molar-refractivity contribution in [2.75, 3.05) is 5.32 Å². The zero-order chi connectivity index (χ0) is 14.7. The van der Waals surface area contributed by atoms with Crippen molar-refractivity contribution in [3.63, 3.8) is 0 Å². The maximum atomic E-state index is 11.4. The third-order valence-electron chi connectivity index (χ3n) is 3.23. The first-order chi connectivity index (χ1) is 9.47. The van der Waals surface area contributed by atoms with Crippen molar-refractivity contribution >= 4 is 17.5 Å². The highest BCUT2D eigenvalue weighted by Crippen LogP contribution is 2.27. The molecule has 20 heavy (non-hydrogen) atoms. The van der Waals surface area contributed by atoms with E-state index in [2.05, 4.69) is 10.6 Å². The fourth-order valence-electron chi connectivity index (χ4n) is 2.30. The van der Waals surface area contributed by atoms with Crippen LogP contribution in [0.4, 0.5) is 5.69 Å². The summed E-state index contributed by atoms with van der Waals surface area (Å²) in [6.45, 7) is 1.40. The van der Waals surface area contributed by atoms with Crippen molar-refractivity contribution in [1.29, 1.82) is 0 Å². The smallest absolute Gasteiger partial charge is 0.237 e.